The minimum absolute atomic E-state index is 0.0554. The summed E-state index contributed by atoms with van der Waals surface area (Å²) in [4.78, 5) is 29.8. The summed E-state index contributed by atoms with van der Waals surface area (Å²) in [6.45, 7) is -0.105. The second kappa shape index (κ2) is 8.41. The van der Waals surface area contributed by atoms with Gasteiger partial charge in [0.05, 0.1) is 10.9 Å². The van der Waals surface area contributed by atoms with Crippen LogP contribution in [0.4, 0.5) is 13.2 Å². The highest BCUT2D eigenvalue weighted by molar-refractivity contribution is 5.78. The second-order valence-electron chi connectivity index (χ2n) is 7.38. The number of rotatable bonds is 7. The number of hydrogen-bond acceptors (Lipinski definition) is 4. The summed E-state index contributed by atoms with van der Waals surface area (Å²) in [6, 6.07) is 12.8. The second-order valence-corrected chi connectivity index (χ2v) is 7.38. The van der Waals surface area contributed by atoms with Crippen LogP contribution in [0.15, 0.2) is 53.3 Å². The Kier molecular flexibility index (Phi) is 5.67. The van der Waals surface area contributed by atoms with Crippen LogP contribution in [0.2, 0.25) is 0 Å². The monoisotopic (exact) mass is 431 g/mol. The van der Waals surface area contributed by atoms with Gasteiger partial charge in [-0.3, -0.25) is 14.2 Å². The fourth-order valence-corrected chi connectivity index (χ4v) is 3.46. The van der Waals surface area contributed by atoms with Crippen molar-refractivity contribution in [1.82, 2.24) is 14.9 Å². The standard InChI is InChI=1S/C22H20F3N3O3/c23-22(24,25)31-18-8-4-1-5-14(18)13-26-20(29)12-11-19-27-17-7-3-2-6-16(17)21(30)28(19)15-9-10-15/h1-8,15H,9-13H2,(H,26,29). The molecule has 1 N–H and O–H groups in total. The van der Waals surface area contributed by atoms with E-state index in [1.807, 2.05) is 0 Å². The van der Waals surface area contributed by atoms with Crippen molar-refractivity contribution in [2.24, 2.45) is 0 Å². The van der Waals surface area contributed by atoms with Crippen molar-refractivity contribution in [1.29, 1.82) is 0 Å². The Labute approximate surface area is 175 Å². The van der Waals surface area contributed by atoms with Crippen LogP contribution in [-0.2, 0) is 17.8 Å². The highest BCUT2D eigenvalue weighted by atomic mass is 19.4. The van der Waals surface area contributed by atoms with Gasteiger partial charge in [0.15, 0.2) is 0 Å². The molecule has 1 amide bonds. The van der Waals surface area contributed by atoms with Crippen molar-refractivity contribution in [3.8, 4) is 5.75 Å². The molecule has 0 unspecified atom stereocenters. The predicted octanol–water partition coefficient (Wildman–Crippen LogP) is 3.88. The van der Waals surface area contributed by atoms with Crippen molar-refractivity contribution < 1.29 is 22.7 Å². The highest BCUT2D eigenvalue weighted by Gasteiger charge is 2.32. The molecule has 0 atom stereocenters. The first-order chi connectivity index (χ1) is 14.8. The van der Waals surface area contributed by atoms with Crippen molar-refractivity contribution in [2.45, 2.75) is 44.6 Å². The molecule has 0 radical (unpaired) electrons. The fraction of sp³-hybridized carbons (Fsp3) is 0.318. The number of aryl methyl sites for hydroxylation is 1. The van der Waals surface area contributed by atoms with Crippen LogP contribution in [0.1, 0.15) is 36.7 Å². The number of nitrogens with one attached hydrogen (secondary N) is 1. The summed E-state index contributed by atoms with van der Waals surface area (Å²) in [5.74, 6) is -0.164. The summed E-state index contributed by atoms with van der Waals surface area (Å²) < 4.78 is 43.3. The van der Waals surface area contributed by atoms with E-state index in [1.54, 1.807) is 34.9 Å². The Balaban J connectivity index is 1.44. The number of ether oxygens (including phenoxy) is 1. The SMILES string of the molecule is O=C(CCc1nc2ccccc2c(=O)n1C1CC1)NCc1ccccc1OC(F)(F)F. The molecule has 1 fully saturated rings. The first-order valence-corrected chi connectivity index (χ1v) is 9.92. The van der Waals surface area contributed by atoms with E-state index in [9.17, 15) is 22.8 Å². The van der Waals surface area contributed by atoms with E-state index in [4.69, 9.17) is 0 Å². The van der Waals surface area contributed by atoms with Gasteiger partial charge in [0, 0.05) is 31.0 Å². The Morgan fingerprint density at radius 2 is 1.84 bits per heavy atom. The molecular weight excluding hydrogens is 411 g/mol. The van der Waals surface area contributed by atoms with Crippen molar-refractivity contribution in [3.05, 3.63) is 70.3 Å². The molecule has 162 valence electrons. The predicted molar refractivity (Wildman–Crippen MR) is 108 cm³/mol. The number of aromatic nitrogens is 2. The van der Waals surface area contributed by atoms with Crippen molar-refractivity contribution >= 4 is 16.8 Å². The maximum absolute atomic E-state index is 12.9. The maximum atomic E-state index is 12.9. The molecule has 0 saturated heterocycles. The van der Waals surface area contributed by atoms with Crippen LogP contribution < -0.4 is 15.6 Å². The van der Waals surface area contributed by atoms with E-state index < -0.39 is 6.36 Å². The lowest BCUT2D eigenvalue weighted by Crippen LogP contribution is -2.27. The Hall–Kier alpha value is -3.36. The third-order valence-corrected chi connectivity index (χ3v) is 5.04. The van der Waals surface area contributed by atoms with Gasteiger partial charge in [-0.1, -0.05) is 30.3 Å². The largest absolute Gasteiger partial charge is 0.573 e. The van der Waals surface area contributed by atoms with E-state index in [0.29, 0.717) is 16.7 Å². The van der Waals surface area contributed by atoms with E-state index >= 15 is 0 Å². The third kappa shape index (κ3) is 5.04. The quantitative estimate of drug-likeness (QED) is 0.616. The van der Waals surface area contributed by atoms with Gasteiger partial charge in [-0.2, -0.15) is 0 Å². The van der Waals surface area contributed by atoms with E-state index in [0.717, 1.165) is 12.8 Å². The lowest BCUT2D eigenvalue weighted by atomic mass is 10.2. The minimum atomic E-state index is -4.81. The van der Waals surface area contributed by atoms with Crippen LogP contribution in [0.25, 0.3) is 10.9 Å². The van der Waals surface area contributed by atoms with Crippen LogP contribution in [0.5, 0.6) is 5.75 Å². The molecule has 2 aromatic carbocycles. The smallest absolute Gasteiger partial charge is 0.405 e. The molecule has 4 rings (SSSR count). The number of carbonyl (C=O) groups excluding carboxylic acids is 1. The minimum Gasteiger partial charge on any atom is -0.405 e. The number of para-hydroxylation sites is 2. The fourth-order valence-electron chi connectivity index (χ4n) is 3.46. The van der Waals surface area contributed by atoms with E-state index in [1.165, 1.54) is 18.2 Å². The summed E-state index contributed by atoms with van der Waals surface area (Å²) in [5.41, 5.74) is 0.687. The Morgan fingerprint density at radius 1 is 1.13 bits per heavy atom. The maximum Gasteiger partial charge on any atom is 0.573 e. The number of carbonyl (C=O) groups is 1. The third-order valence-electron chi connectivity index (χ3n) is 5.04. The molecule has 0 bridgehead atoms. The van der Waals surface area contributed by atoms with Gasteiger partial charge < -0.3 is 10.1 Å². The topological polar surface area (TPSA) is 73.2 Å². The Bertz CT molecular complexity index is 1170. The molecule has 1 aliphatic rings. The number of fused-ring (bicyclic) bond motifs is 1. The number of halogens is 3. The molecule has 0 aliphatic heterocycles. The van der Waals surface area contributed by atoms with Crippen LogP contribution >= 0.6 is 0 Å². The molecule has 3 aromatic rings. The highest BCUT2D eigenvalue weighted by Crippen LogP contribution is 2.35. The number of alkyl halides is 3. The summed E-state index contributed by atoms with van der Waals surface area (Å²) >= 11 is 0. The average Bonchev–Trinajstić information content (AvgIpc) is 3.55. The molecule has 1 heterocycles. The van der Waals surface area contributed by atoms with Crippen molar-refractivity contribution in [3.63, 3.8) is 0 Å². The zero-order chi connectivity index (χ0) is 22.0. The summed E-state index contributed by atoms with van der Waals surface area (Å²) in [5, 5.41) is 3.16. The molecule has 9 heteroatoms. The summed E-state index contributed by atoms with van der Waals surface area (Å²) in [7, 11) is 0. The van der Waals surface area contributed by atoms with Crippen LogP contribution in [-0.4, -0.2) is 21.8 Å². The van der Waals surface area contributed by atoms with E-state index in [-0.39, 0.29) is 48.2 Å². The number of amides is 1. The van der Waals surface area contributed by atoms with Crippen LogP contribution in [0, 0.1) is 0 Å². The van der Waals surface area contributed by atoms with Gasteiger partial charge in [-0.05, 0) is 31.0 Å². The van der Waals surface area contributed by atoms with Gasteiger partial charge in [0.25, 0.3) is 5.56 Å². The molecule has 1 saturated carbocycles. The van der Waals surface area contributed by atoms with Gasteiger partial charge in [0.2, 0.25) is 5.91 Å². The first-order valence-electron chi connectivity index (χ1n) is 9.92. The molecule has 1 aromatic heterocycles. The zero-order valence-corrected chi connectivity index (χ0v) is 16.5. The average molecular weight is 431 g/mol. The normalized spacial score (nSPS) is 13.9. The first kappa shape index (κ1) is 20.9. The zero-order valence-electron chi connectivity index (χ0n) is 16.5. The number of benzene rings is 2. The number of hydrogen-bond donors (Lipinski definition) is 1. The van der Waals surface area contributed by atoms with Gasteiger partial charge in [-0.25, -0.2) is 4.98 Å². The van der Waals surface area contributed by atoms with Crippen LogP contribution in [0.3, 0.4) is 0 Å². The molecule has 6 nitrogen and oxygen atoms in total. The lowest BCUT2D eigenvalue weighted by Gasteiger charge is -2.14. The lowest BCUT2D eigenvalue weighted by molar-refractivity contribution is -0.274. The van der Waals surface area contributed by atoms with Gasteiger partial charge >= 0.3 is 6.36 Å². The molecule has 0 spiro atoms. The molecule has 31 heavy (non-hydrogen) atoms. The Morgan fingerprint density at radius 3 is 2.58 bits per heavy atom. The molecule has 1 aliphatic carbocycles. The summed E-state index contributed by atoms with van der Waals surface area (Å²) in [6.07, 6.45) is -2.71. The van der Waals surface area contributed by atoms with Gasteiger partial charge in [-0.15, -0.1) is 13.2 Å². The molecular formula is C22H20F3N3O3. The van der Waals surface area contributed by atoms with Gasteiger partial charge in [0.1, 0.15) is 11.6 Å². The van der Waals surface area contributed by atoms with E-state index in [2.05, 4.69) is 15.0 Å². The number of nitrogens with zero attached hydrogens (tertiary/aromatic N) is 2. The van der Waals surface area contributed by atoms with Crippen molar-refractivity contribution in [2.75, 3.05) is 0 Å².